The lowest BCUT2D eigenvalue weighted by Gasteiger charge is -2.23. The second-order valence-electron chi connectivity index (χ2n) is 4.90. The number of nitrogens with one attached hydrogen (secondary N) is 1. The van der Waals surface area contributed by atoms with Crippen LogP contribution < -0.4 is 10.1 Å². The Morgan fingerprint density at radius 2 is 1.95 bits per heavy atom. The van der Waals surface area contributed by atoms with Gasteiger partial charge in [-0.25, -0.2) is 4.39 Å². The van der Waals surface area contributed by atoms with Gasteiger partial charge in [0.2, 0.25) is 0 Å². The first-order valence-electron chi connectivity index (χ1n) is 6.89. The van der Waals surface area contributed by atoms with Crippen LogP contribution in [0.25, 0.3) is 0 Å². The monoisotopic (exact) mass is 399 g/mol. The van der Waals surface area contributed by atoms with Crippen LogP contribution in [0.2, 0.25) is 0 Å². The molecule has 0 spiro atoms. The van der Waals surface area contributed by atoms with Crippen LogP contribution in [0.3, 0.4) is 0 Å². The Labute approximate surface area is 138 Å². The number of hydrogen-bond donors (Lipinski definition) is 1. The van der Waals surface area contributed by atoms with Crippen molar-refractivity contribution >= 4 is 22.6 Å². The first-order chi connectivity index (χ1) is 10.1. The third kappa shape index (κ3) is 3.74. The van der Waals surface area contributed by atoms with Crippen LogP contribution in [0.5, 0.6) is 5.75 Å². The molecule has 112 valence electrons. The average molecular weight is 399 g/mol. The molecule has 0 radical (unpaired) electrons. The minimum absolute atomic E-state index is 0.0163. The number of ether oxygens (including phenoxy) is 1. The number of rotatable bonds is 5. The third-order valence-electron chi connectivity index (χ3n) is 3.38. The van der Waals surface area contributed by atoms with Gasteiger partial charge in [-0.1, -0.05) is 30.7 Å². The molecule has 0 fully saturated rings. The summed E-state index contributed by atoms with van der Waals surface area (Å²) in [6.07, 6.45) is 0. The highest BCUT2D eigenvalue weighted by molar-refractivity contribution is 14.1. The van der Waals surface area contributed by atoms with Crippen molar-refractivity contribution in [3.05, 3.63) is 62.5 Å². The van der Waals surface area contributed by atoms with Gasteiger partial charge < -0.3 is 10.1 Å². The minimum atomic E-state index is -0.213. The molecule has 21 heavy (non-hydrogen) atoms. The van der Waals surface area contributed by atoms with Gasteiger partial charge >= 0.3 is 0 Å². The molecular formula is C17H19FINO. The summed E-state index contributed by atoms with van der Waals surface area (Å²) in [6, 6.07) is 11.0. The van der Waals surface area contributed by atoms with Crippen LogP contribution in [-0.4, -0.2) is 13.7 Å². The van der Waals surface area contributed by atoms with E-state index in [-0.39, 0.29) is 11.9 Å². The van der Waals surface area contributed by atoms with Crippen LogP contribution in [0.1, 0.15) is 29.7 Å². The van der Waals surface area contributed by atoms with E-state index in [4.69, 9.17) is 4.74 Å². The molecule has 1 atom stereocenters. The fourth-order valence-electron chi connectivity index (χ4n) is 2.41. The summed E-state index contributed by atoms with van der Waals surface area (Å²) in [7, 11) is 1.67. The van der Waals surface area contributed by atoms with Crippen LogP contribution in [-0.2, 0) is 0 Å². The van der Waals surface area contributed by atoms with Crippen molar-refractivity contribution in [2.45, 2.75) is 19.9 Å². The van der Waals surface area contributed by atoms with E-state index in [1.807, 2.05) is 18.2 Å². The Morgan fingerprint density at radius 1 is 1.19 bits per heavy atom. The molecule has 2 aromatic rings. The van der Waals surface area contributed by atoms with E-state index in [1.165, 1.54) is 11.6 Å². The minimum Gasteiger partial charge on any atom is -0.496 e. The van der Waals surface area contributed by atoms with Crippen LogP contribution in [0.15, 0.2) is 36.4 Å². The zero-order valence-corrected chi connectivity index (χ0v) is 14.6. The van der Waals surface area contributed by atoms with Gasteiger partial charge in [0.25, 0.3) is 0 Å². The van der Waals surface area contributed by atoms with Gasteiger partial charge in [0.1, 0.15) is 11.6 Å². The number of benzene rings is 2. The van der Waals surface area contributed by atoms with Gasteiger partial charge in [0, 0.05) is 9.13 Å². The fourth-order valence-corrected chi connectivity index (χ4v) is 3.20. The van der Waals surface area contributed by atoms with E-state index in [9.17, 15) is 4.39 Å². The molecule has 0 aliphatic rings. The predicted molar refractivity (Wildman–Crippen MR) is 92.4 cm³/mol. The summed E-state index contributed by atoms with van der Waals surface area (Å²) in [5.74, 6) is 0.626. The Morgan fingerprint density at radius 3 is 2.57 bits per heavy atom. The topological polar surface area (TPSA) is 21.3 Å². The molecule has 0 amide bonds. The molecule has 0 aliphatic heterocycles. The Hall–Kier alpha value is -1.14. The second-order valence-corrected chi connectivity index (χ2v) is 6.06. The van der Waals surface area contributed by atoms with Crippen molar-refractivity contribution in [1.29, 1.82) is 0 Å². The average Bonchev–Trinajstić information content (AvgIpc) is 2.45. The fraction of sp³-hybridized carbons (Fsp3) is 0.294. The Balaban J connectivity index is 2.55. The zero-order valence-electron chi connectivity index (χ0n) is 12.4. The largest absolute Gasteiger partial charge is 0.496 e. The summed E-state index contributed by atoms with van der Waals surface area (Å²) in [5.41, 5.74) is 3.30. The lowest BCUT2D eigenvalue weighted by atomic mass is 9.96. The van der Waals surface area contributed by atoms with Crippen molar-refractivity contribution in [3.63, 3.8) is 0 Å². The summed E-state index contributed by atoms with van der Waals surface area (Å²) in [4.78, 5) is 0. The lowest BCUT2D eigenvalue weighted by Crippen LogP contribution is -2.23. The molecule has 0 saturated heterocycles. The molecule has 2 rings (SSSR count). The van der Waals surface area contributed by atoms with Crippen LogP contribution in [0, 0.1) is 16.3 Å². The van der Waals surface area contributed by atoms with E-state index < -0.39 is 0 Å². The molecule has 4 heteroatoms. The molecule has 1 unspecified atom stereocenters. The highest BCUT2D eigenvalue weighted by Gasteiger charge is 2.20. The molecule has 2 aromatic carbocycles. The van der Waals surface area contributed by atoms with E-state index >= 15 is 0 Å². The maximum absolute atomic E-state index is 13.4. The van der Waals surface area contributed by atoms with Crippen molar-refractivity contribution in [2.24, 2.45) is 0 Å². The molecule has 0 aromatic heterocycles. The second kappa shape index (κ2) is 7.22. The normalized spacial score (nSPS) is 12.2. The molecule has 0 heterocycles. The molecule has 0 aliphatic carbocycles. The number of aryl methyl sites for hydroxylation is 1. The van der Waals surface area contributed by atoms with Gasteiger partial charge in [-0.3, -0.25) is 0 Å². The van der Waals surface area contributed by atoms with E-state index in [2.05, 4.69) is 47.8 Å². The van der Waals surface area contributed by atoms with Crippen LogP contribution >= 0.6 is 22.6 Å². The smallest absolute Gasteiger partial charge is 0.124 e. The Bertz CT molecular complexity index is 630. The number of methoxy groups -OCH3 is 1. The third-order valence-corrected chi connectivity index (χ3v) is 4.31. The molecule has 1 N–H and O–H groups in total. The van der Waals surface area contributed by atoms with E-state index in [0.29, 0.717) is 0 Å². The molecule has 0 bridgehead atoms. The number of halogens is 2. The van der Waals surface area contributed by atoms with Crippen molar-refractivity contribution < 1.29 is 9.13 Å². The van der Waals surface area contributed by atoms with Gasteiger partial charge in [-0.05, 0) is 59.8 Å². The van der Waals surface area contributed by atoms with Gasteiger partial charge in [0.05, 0.1) is 13.2 Å². The molecule has 0 saturated carbocycles. The highest BCUT2D eigenvalue weighted by atomic mass is 127. The standard InChI is InChI=1S/C17H19FINO/c1-4-20-17(13-7-6-12(18)10-15(13)19)14-9-11(2)5-8-16(14)21-3/h5-10,17,20H,4H2,1-3H3. The van der Waals surface area contributed by atoms with Crippen LogP contribution in [0.4, 0.5) is 4.39 Å². The predicted octanol–water partition coefficient (Wildman–Crippen LogP) is 4.45. The first kappa shape index (κ1) is 16.2. The maximum atomic E-state index is 13.4. The quantitative estimate of drug-likeness (QED) is 0.751. The summed E-state index contributed by atoms with van der Waals surface area (Å²) >= 11 is 2.18. The summed E-state index contributed by atoms with van der Waals surface area (Å²) in [6.45, 7) is 4.93. The summed E-state index contributed by atoms with van der Waals surface area (Å²) in [5, 5.41) is 3.47. The first-order valence-corrected chi connectivity index (χ1v) is 7.97. The van der Waals surface area contributed by atoms with Crippen molar-refractivity contribution in [2.75, 3.05) is 13.7 Å². The maximum Gasteiger partial charge on any atom is 0.124 e. The van der Waals surface area contributed by atoms with Crippen molar-refractivity contribution in [1.82, 2.24) is 5.32 Å². The van der Waals surface area contributed by atoms with Gasteiger partial charge in [-0.2, -0.15) is 0 Å². The van der Waals surface area contributed by atoms with E-state index in [1.54, 1.807) is 13.2 Å². The number of hydrogen-bond acceptors (Lipinski definition) is 2. The zero-order chi connectivity index (χ0) is 15.4. The highest BCUT2D eigenvalue weighted by Crippen LogP contribution is 2.33. The lowest BCUT2D eigenvalue weighted by molar-refractivity contribution is 0.404. The van der Waals surface area contributed by atoms with Crippen molar-refractivity contribution in [3.8, 4) is 5.75 Å². The van der Waals surface area contributed by atoms with E-state index in [0.717, 1.165) is 27.0 Å². The molecular weight excluding hydrogens is 380 g/mol. The van der Waals surface area contributed by atoms with Gasteiger partial charge in [0.15, 0.2) is 0 Å². The summed E-state index contributed by atoms with van der Waals surface area (Å²) < 4.78 is 19.8. The van der Waals surface area contributed by atoms with Gasteiger partial charge in [-0.15, -0.1) is 0 Å². The SMILES string of the molecule is CCNC(c1ccc(F)cc1I)c1cc(C)ccc1OC. The Kier molecular flexibility index (Phi) is 5.58. The molecule has 2 nitrogen and oxygen atoms in total.